The third-order valence-electron chi connectivity index (χ3n) is 4.38. The van der Waals surface area contributed by atoms with Crippen LogP contribution in [0.4, 0.5) is 5.69 Å². The second-order valence-corrected chi connectivity index (χ2v) is 6.07. The first kappa shape index (κ1) is 16.0. The molecule has 1 aliphatic heterocycles. The molecule has 0 aliphatic carbocycles. The van der Waals surface area contributed by atoms with Gasteiger partial charge in [0, 0.05) is 25.2 Å². The van der Waals surface area contributed by atoms with Crippen molar-refractivity contribution in [2.75, 3.05) is 24.5 Å². The number of aromatic nitrogens is 2. The van der Waals surface area contributed by atoms with E-state index >= 15 is 0 Å². The van der Waals surface area contributed by atoms with Crippen LogP contribution in [-0.4, -0.2) is 35.5 Å². The van der Waals surface area contributed by atoms with Crippen molar-refractivity contribution in [3.05, 3.63) is 22.6 Å². The monoisotopic (exact) mass is 292 g/mol. The zero-order valence-electron chi connectivity index (χ0n) is 13.5. The first-order valence-electron chi connectivity index (χ1n) is 8.19. The summed E-state index contributed by atoms with van der Waals surface area (Å²) in [7, 11) is 0. The lowest BCUT2D eigenvalue weighted by Crippen LogP contribution is -2.38. The molecule has 1 atom stereocenters. The van der Waals surface area contributed by atoms with E-state index in [1.807, 2.05) is 6.20 Å². The van der Waals surface area contributed by atoms with Gasteiger partial charge in [-0.2, -0.15) is 5.10 Å². The molecule has 5 heteroatoms. The van der Waals surface area contributed by atoms with Gasteiger partial charge in [-0.1, -0.05) is 20.8 Å². The van der Waals surface area contributed by atoms with Crippen molar-refractivity contribution in [1.29, 1.82) is 0 Å². The van der Waals surface area contributed by atoms with E-state index in [-0.39, 0.29) is 5.56 Å². The molecule has 1 aromatic rings. The molecule has 1 fully saturated rings. The van der Waals surface area contributed by atoms with Crippen molar-refractivity contribution < 1.29 is 0 Å². The summed E-state index contributed by atoms with van der Waals surface area (Å²) in [5.41, 5.74) is 0.974. The summed E-state index contributed by atoms with van der Waals surface area (Å²) >= 11 is 0. The highest BCUT2D eigenvalue weighted by molar-refractivity contribution is 5.43. The Morgan fingerprint density at radius 2 is 2.10 bits per heavy atom. The second-order valence-electron chi connectivity index (χ2n) is 6.07. The number of anilines is 1. The van der Waals surface area contributed by atoms with Gasteiger partial charge in [0.25, 0.3) is 5.56 Å². The zero-order valence-corrected chi connectivity index (χ0v) is 13.5. The van der Waals surface area contributed by atoms with Gasteiger partial charge < -0.3 is 10.2 Å². The molecule has 0 saturated carbocycles. The topological polar surface area (TPSA) is 50.2 Å². The second kappa shape index (κ2) is 7.59. The summed E-state index contributed by atoms with van der Waals surface area (Å²) in [4.78, 5) is 14.5. The fourth-order valence-electron chi connectivity index (χ4n) is 2.84. The Morgan fingerprint density at radius 3 is 2.67 bits per heavy atom. The summed E-state index contributed by atoms with van der Waals surface area (Å²) in [5.74, 6) is 0.792. The molecule has 0 aromatic carbocycles. The molecule has 0 bridgehead atoms. The normalized spacial score (nSPS) is 18.0. The van der Waals surface area contributed by atoms with Crippen molar-refractivity contribution in [2.45, 2.75) is 52.6 Å². The van der Waals surface area contributed by atoms with Crippen molar-refractivity contribution in [2.24, 2.45) is 5.92 Å². The van der Waals surface area contributed by atoms with Gasteiger partial charge in [0.1, 0.15) is 0 Å². The molecule has 1 unspecified atom stereocenters. The molecule has 0 radical (unpaired) electrons. The largest absolute Gasteiger partial charge is 0.370 e. The van der Waals surface area contributed by atoms with Gasteiger partial charge in [-0.05, 0) is 31.7 Å². The molecule has 1 aliphatic rings. The van der Waals surface area contributed by atoms with Crippen molar-refractivity contribution in [1.82, 2.24) is 15.1 Å². The number of rotatable bonds is 6. The molecule has 1 aromatic heterocycles. The van der Waals surface area contributed by atoms with Gasteiger partial charge >= 0.3 is 0 Å². The molecule has 2 heterocycles. The molecule has 0 amide bonds. The van der Waals surface area contributed by atoms with E-state index in [1.165, 1.54) is 12.8 Å². The van der Waals surface area contributed by atoms with Crippen molar-refractivity contribution in [3.63, 3.8) is 0 Å². The lowest BCUT2D eigenvalue weighted by atomic mass is 9.99. The Bertz CT molecular complexity index is 491. The third kappa shape index (κ3) is 4.30. The van der Waals surface area contributed by atoms with E-state index in [0.29, 0.717) is 12.6 Å². The van der Waals surface area contributed by atoms with E-state index in [2.05, 4.69) is 36.1 Å². The average Bonchev–Trinajstić information content (AvgIpc) is 2.49. The summed E-state index contributed by atoms with van der Waals surface area (Å²) in [5, 5.41) is 7.75. The number of hydrogen-bond acceptors (Lipinski definition) is 4. The van der Waals surface area contributed by atoms with Crippen LogP contribution in [0.15, 0.2) is 17.1 Å². The van der Waals surface area contributed by atoms with Gasteiger partial charge in [-0.25, -0.2) is 4.68 Å². The summed E-state index contributed by atoms with van der Waals surface area (Å²) in [6.45, 7) is 10.1. The summed E-state index contributed by atoms with van der Waals surface area (Å²) < 4.78 is 1.58. The Morgan fingerprint density at radius 1 is 1.38 bits per heavy atom. The summed E-state index contributed by atoms with van der Waals surface area (Å²) in [6.07, 6.45) is 5.23. The van der Waals surface area contributed by atoms with Crippen LogP contribution < -0.4 is 15.8 Å². The number of likely N-dealkylation sites (N-methyl/N-ethyl adjacent to an activating group) is 1. The average molecular weight is 292 g/mol. The van der Waals surface area contributed by atoms with Gasteiger partial charge in [0.15, 0.2) is 0 Å². The minimum Gasteiger partial charge on any atom is -0.370 e. The third-order valence-corrected chi connectivity index (χ3v) is 4.38. The SMILES string of the molecule is CCNC(CC)Cn1ncc(N2CCC(C)CC2)cc1=O. The molecule has 2 rings (SSSR count). The Kier molecular flexibility index (Phi) is 5.79. The van der Waals surface area contributed by atoms with E-state index in [9.17, 15) is 4.79 Å². The molecular formula is C16H28N4O. The standard InChI is InChI=1S/C16H28N4O/c1-4-14(17-5-2)12-20-16(21)10-15(11-18-20)19-8-6-13(3)7-9-19/h10-11,13-14,17H,4-9,12H2,1-3H3. The molecule has 21 heavy (non-hydrogen) atoms. The Balaban J connectivity index is 2.05. The highest BCUT2D eigenvalue weighted by Gasteiger charge is 2.17. The van der Waals surface area contributed by atoms with Crippen LogP contribution in [0.2, 0.25) is 0 Å². The Labute approximate surface area is 127 Å². The lowest BCUT2D eigenvalue weighted by Gasteiger charge is -2.31. The van der Waals surface area contributed by atoms with Gasteiger partial charge in [0.2, 0.25) is 0 Å². The van der Waals surface area contributed by atoms with E-state index < -0.39 is 0 Å². The van der Waals surface area contributed by atoms with E-state index in [0.717, 1.165) is 37.7 Å². The smallest absolute Gasteiger partial charge is 0.268 e. The van der Waals surface area contributed by atoms with Crippen LogP contribution in [0, 0.1) is 5.92 Å². The van der Waals surface area contributed by atoms with Crippen molar-refractivity contribution >= 4 is 5.69 Å². The minimum absolute atomic E-state index is 0.00229. The fourth-order valence-corrected chi connectivity index (χ4v) is 2.84. The van der Waals surface area contributed by atoms with E-state index in [4.69, 9.17) is 0 Å². The van der Waals surface area contributed by atoms with Crippen LogP contribution in [0.3, 0.4) is 0 Å². The maximum Gasteiger partial charge on any atom is 0.268 e. The molecule has 5 nitrogen and oxygen atoms in total. The number of nitrogens with zero attached hydrogens (tertiary/aromatic N) is 3. The van der Waals surface area contributed by atoms with Gasteiger partial charge in [-0.15, -0.1) is 0 Å². The van der Waals surface area contributed by atoms with Crippen LogP contribution in [0.25, 0.3) is 0 Å². The summed E-state index contributed by atoms with van der Waals surface area (Å²) in [6, 6.07) is 2.05. The number of piperidine rings is 1. The number of nitrogens with one attached hydrogen (secondary N) is 1. The highest BCUT2D eigenvalue weighted by Crippen LogP contribution is 2.20. The van der Waals surface area contributed by atoms with E-state index in [1.54, 1.807) is 10.7 Å². The molecule has 118 valence electrons. The molecule has 0 spiro atoms. The Hall–Kier alpha value is -1.36. The van der Waals surface area contributed by atoms with Crippen LogP contribution >= 0.6 is 0 Å². The maximum absolute atomic E-state index is 12.2. The lowest BCUT2D eigenvalue weighted by molar-refractivity contribution is 0.411. The van der Waals surface area contributed by atoms with Gasteiger partial charge in [0.05, 0.1) is 18.4 Å². The quantitative estimate of drug-likeness (QED) is 0.869. The molecule has 1 saturated heterocycles. The molecular weight excluding hydrogens is 264 g/mol. The van der Waals surface area contributed by atoms with Crippen LogP contribution in [0.5, 0.6) is 0 Å². The molecule has 1 N–H and O–H groups in total. The fraction of sp³-hybridized carbons (Fsp3) is 0.750. The first-order valence-corrected chi connectivity index (χ1v) is 8.19. The minimum atomic E-state index is 0.00229. The van der Waals surface area contributed by atoms with Crippen molar-refractivity contribution in [3.8, 4) is 0 Å². The van der Waals surface area contributed by atoms with Gasteiger partial charge in [-0.3, -0.25) is 4.79 Å². The van der Waals surface area contributed by atoms with Crippen LogP contribution in [-0.2, 0) is 6.54 Å². The first-order chi connectivity index (χ1) is 10.1. The number of hydrogen-bond donors (Lipinski definition) is 1. The highest BCUT2D eigenvalue weighted by atomic mass is 16.1. The zero-order chi connectivity index (χ0) is 15.2. The maximum atomic E-state index is 12.2. The predicted molar refractivity (Wildman–Crippen MR) is 86.9 cm³/mol. The predicted octanol–water partition coefficient (Wildman–Crippen LogP) is 1.87. The van der Waals surface area contributed by atoms with Crippen LogP contribution in [0.1, 0.15) is 40.0 Å².